The predicted molar refractivity (Wildman–Crippen MR) is 78.1 cm³/mol. The SMILES string of the molecule is CC1CC(C)CC(O)(c2ccc3c(c2)OCCCO3)C1. The third kappa shape index (κ3) is 2.64. The van der Waals surface area contributed by atoms with Crippen molar-refractivity contribution in [2.45, 2.75) is 45.1 Å². The molecule has 3 rings (SSSR count). The maximum Gasteiger partial charge on any atom is 0.161 e. The summed E-state index contributed by atoms with van der Waals surface area (Å²) >= 11 is 0. The Labute approximate surface area is 120 Å². The minimum Gasteiger partial charge on any atom is -0.490 e. The molecular weight excluding hydrogens is 252 g/mol. The minimum atomic E-state index is -0.720. The Hall–Kier alpha value is -1.22. The Morgan fingerprint density at radius 1 is 1.05 bits per heavy atom. The van der Waals surface area contributed by atoms with E-state index in [-0.39, 0.29) is 0 Å². The number of hydrogen-bond donors (Lipinski definition) is 1. The summed E-state index contributed by atoms with van der Waals surface area (Å²) in [4.78, 5) is 0. The van der Waals surface area contributed by atoms with Gasteiger partial charge in [0.15, 0.2) is 11.5 Å². The number of benzene rings is 1. The maximum absolute atomic E-state index is 11.1. The lowest BCUT2D eigenvalue weighted by atomic mass is 9.71. The van der Waals surface area contributed by atoms with Crippen LogP contribution in [0.15, 0.2) is 18.2 Å². The Balaban J connectivity index is 1.91. The lowest BCUT2D eigenvalue weighted by molar-refractivity contribution is -0.0364. The van der Waals surface area contributed by atoms with E-state index in [1.165, 1.54) is 6.42 Å². The standard InChI is InChI=1S/C17H24O3/c1-12-8-13(2)11-17(18,10-12)14-4-5-15-16(9-14)20-7-3-6-19-15/h4-5,9,12-13,18H,3,6-8,10-11H2,1-2H3. The average molecular weight is 276 g/mol. The second-order valence-electron chi connectivity index (χ2n) is 6.60. The van der Waals surface area contributed by atoms with Gasteiger partial charge < -0.3 is 14.6 Å². The first-order valence-electron chi connectivity index (χ1n) is 7.69. The van der Waals surface area contributed by atoms with Crippen LogP contribution >= 0.6 is 0 Å². The van der Waals surface area contributed by atoms with Crippen molar-refractivity contribution in [1.82, 2.24) is 0 Å². The fourth-order valence-electron chi connectivity index (χ4n) is 3.78. The van der Waals surface area contributed by atoms with Gasteiger partial charge in [-0.05, 0) is 48.8 Å². The second kappa shape index (κ2) is 5.28. The van der Waals surface area contributed by atoms with Gasteiger partial charge in [0.05, 0.1) is 18.8 Å². The molecule has 0 radical (unpaired) electrons. The topological polar surface area (TPSA) is 38.7 Å². The molecule has 0 spiro atoms. The van der Waals surface area contributed by atoms with E-state index in [1.807, 2.05) is 18.2 Å². The summed E-state index contributed by atoms with van der Waals surface area (Å²) in [7, 11) is 0. The normalized spacial score (nSPS) is 33.5. The molecule has 2 aliphatic rings. The zero-order valence-corrected chi connectivity index (χ0v) is 12.4. The highest BCUT2D eigenvalue weighted by atomic mass is 16.5. The van der Waals surface area contributed by atoms with Crippen LogP contribution in [0.25, 0.3) is 0 Å². The van der Waals surface area contributed by atoms with Gasteiger partial charge in [-0.1, -0.05) is 19.9 Å². The van der Waals surface area contributed by atoms with Crippen molar-refractivity contribution in [2.75, 3.05) is 13.2 Å². The lowest BCUT2D eigenvalue weighted by Crippen LogP contribution is -2.35. The predicted octanol–water partition coefficient (Wildman–Crippen LogP) is 3.49. The maximum atomic E-state index is 11.1. The largest absolute Gasteiger partial charge is 0.490 e. The molecule has 0 saturated heterocycles. The van der Waals surface area contributed by atoms with Crippen molar-refractivity contribution >= 4 is 0 Å². The number of fused-ring (bicyclic) bond motifs is 1. The van der Waals surface area contributed by atoms with Crippen LogP contribution in [-0.2, 0) is 5.60 Å². The number of aliphatic hydroxyl groups is 1. The van der Waals surface area contributed by atoms with Crippen molar-refractivity contribution in [3.63, 3.8) is 0 Å². The van der Waals surface area contributed by atoms with Gasteiger partial charge in [0, 0.05) is 6.42 Å². The van der Waals surface area contributed by atoms with Crippen LogP contribution in [0.2, 0.25) is 0 Å². The van der Waals surface area contributed by atoms with Crippen LogP contribution in [0.1, 0.15) is 45.1 Å². The summed E-state index contributed by atoms with van der Waals surface area (Å²) in [6.07, 6.45) is 3.77. The molecule has 0 amide bonds. The third-order valence-electron chi connectivity index (χ3n) is 4.46. The van der Waals surface area contributed by atoms with E-state index >= 15 is 0 Å². The first-order chi connectivity index (χ1) is 9.57. The summed E-state index contributed by atoms with van der Waals surface area (Å²) in [6.45, 7) is 5.83. The first kappa shape index (κ1) is 13.7. The zero-order chi connectivity index (χ0) is 14.2. The molecule has 1 fully saturated rings. The van der Waals surface area contributed by atoms with Gasteiger partial charge in [0.2, 0.25) is 0 Å². The Morgan fingerprint density at radius 2 is 1.70 bits per heavy atom. The molecule has 2 unspecified atom stereocenters. The third-order valence-corrected chi connectivity index (χ3v) is 4.46. The van der Waals surface area contributed by atoms with Crippen molar-refractivity contribution < 1.29 is 14.6 Å². The molecule has 1 aliphatic carbocycles. The van der Waals surface area contributed by atoms with E-state index in [9.17, 15) is 5.11 Å². The van der Waals surface area contributed by atoms with Crippen molar-refractivity contribution in [1.29, 1.82) is 0 Å². The molecule has 3 nitrogen and oxygen atoms in total. The molecule has 1 N–H and O–H groups in total. The Kier molecular flexibility index (Phi) is 3.63. The highest BCUT2D eigenvalue weighted by Gasteiger charge is 2.38. The van der Waals surface area contributed by atoms with E-state index in [4.69, 9.17) is 9.47 Å². The highest BCUT2D eigenvalue weighted by Crippen LogP contribution is 2.44. The van der Waals surface area contributed by atoms with E-state index in [1.54, 1.807) is 0 Å². The van der Waals surface area contributed by atoms with Gasteiger partial charge in [0.25, 0.3) is 0 Å². The van der Waals surface area contributed by atoms with Gasteiger partial charge >= 0.3 is 0 Å². The number of rotatable bonds is 1. The van der Waals surface area contributed by atoms with Crippen LogP contribution in [0.4, 0.5) is 0 Å². The zero-order valence-electron chi connectivity index (χ0n) is 12.4. The molecule has 20 heavy (non-hydrogen) atoms. The van der Waals surface area contributed by atoms with Gasteiger partial charge in [-0.2, -0.15) is 0 Å². The van der Waals surface area contributed by atoms with Crippen LogP contribution in [-0.4, -0.2) is 18.3 Å². The van der Waals surface area contributed by atoms with E-state index in [0.29, 0.717) is 25.0 Å². The summed E-state index contributed by atoms with van der Waals surface area (Å²) in [6, 6.07) is 5.92. The van der Waals surface area contributed by atoms with E-state index in [2.05, 4.69) is 13.8 Å². The fourth-order valence-corrected chi connectivity index (χ4v) is 3.78. The van der Waals surface area contributed by atoms with Crippen molar-refractivity contribution in [2.24, 2.45) is 11.8 Å². The van der Waals surface area contributed by atoms with Gasteiger partial charge in [0.1, 0.15) is 0 Å². The van der Waals surface area contributed by atoms with Crippen LogP contribution in [0.5, 0.6) is 11.5 Å². The Morgan fingerprint density at radius 3 is 2.40 bits per heavy atom. The van der Waals surface area contributed by atoms with Gasteiger partial charge in [-0.25, -0.2) is 0 Å². The molecule has 1 aliphatic heterocycles. The quantitative estimate of drug-likeness (QED) is 0.853. The summed E-state index contributed by atoms with van der Waals surface area (Å²) in [5.74, 6) is 2.69. The molecule has 2 atom stereocenters. The molecular formula is C17H24O3. The van der Waals surface area contributed by atoms with E-state index < -0.39 is 5.60 Å². The molecule has 110 valence electrons. The number of hydrogen-bond acceptors (Lipinski definition) is 3. The lowest BCUT2D eigenvalue weighted by Gasteiger charge is -2.39. The second-order valence-corrected chi connectivity index (χ2v) is 6.60. The first-order valence-corrected chi connectivity index (χ1v) is 7.69. The van der Waals surface area contributed by atoms with Gasteiger partial charge in [-0.3, -0.25) is 0 Å². The molecule has 0 aromatic heterocycles. The molecule has 0 bridgehead atoms. The van der Waals surface area contributed by atoms with Crippen LogP contribution in [0.3, 0.4) is 0 Å². The summed E-state index contributed by atoms with van der Waals surface area (Å²) in [5.41, 5.74) is 0.252. The number of ether oxygens (including phenoxy) is 2. The van der Waals surface area contributed by atoms with Crippen LogP contribution < -0.4 is 9.47 Å². The summed E-state index contributed by atoms with van der Waals surface area (Å²) < 4.78 is 11.4. The molecule has 1 heterocycles. The van der Waals surface area contributed by atoms with Crippen molar-refractivity contribution in [3.05, 3.63) is 23.8 Å². The van der Waals surface area contributed by atoms with Crippen molar-refractivity contribution in [3.8, 4) is 11.5 Å². The fraction of sp³-hybridized carbons (Fsp3) is 0.647. The molecule has 1 saturated carbocycles. The smallest absolute Gasteiger partial charge is 0.161 e. The molecule has 3 heteroatoms. The molecule has 1 aromatic carbocycles. The highest BCUT2D eigenvalue weighted by molar-refractivity contribution is 5.45. The minimum absolute atomic E-state index is 0.555. The molecule has 1 aromatic rings. The Bertz CT molecular complexity index is 473. The summed E-state index contributed by atoms with van der Waals surface area (Å²) in [5, 5.41) is 11.1. The average Bonchev–Trinajstić information content (AvgIpc) is 2.61. The van der Waals surface area contributed by atoms with E-state index in [0.717, 1.165) is 36.3 Å². The van der Waals surface area contributed by atoms with Crippen LogP contribution in [0, 0.1) is 11.8 Å². The van der Waals surface area contributed by atoms with Gasteiger partial charge in [-0.15, -0.1) is 0 Å². The monoisotopic (exact) mass is 276 g/mol.